The van der Waals surface area contributed by atoms with Crippen LogP contribution >= 0.6 is 23.4 Å². The smallest absolute Gasteiger partial charge is 0.305 e. The van der Waals surface area contributed by atoms with Gasteiger partial charge in [0.1, 0.15) is 21.9 Å². The molecule has 0 fully saturated rings. The largest absolute Gasteiger partial charge is 0.332 e. The minimum absolute atomic E-state index is 0.337. The van der Waals surface area contributed by atoms with Gasteiger partial charge in [0.15, 0.2) is 5.65 Å². The number of imidazole rings is 1. The minimum atomic E-state index is -0.417. The molecule has 0 saturated heterocycles. The van der Waals surface area contributed by atoms with Crippen LogP contribution in [0, 0.1) is 0 Å². The van der Waals surface area contributed by atoms with Crippen molar-refractivity contribution in [1.29, 1.82) is 0 Å². The summed E-state index contributed by atoms with van der Waals surface area (Å²) in [6, 6.07) is 3.64. The van der Waals surface area contributed by atoms with Crippen LogP contribution in [0.4, 0.5) is 0 Å². The van der Waals surface area contributed by atoms with Crippen LogP contribution in [-0.4, -0.2) is 28.5 Å². The Kier molecular flexibility index (Phi) is 4.98. The molecule has 0 aliphatic rings. The van der Waals surface area contributed by atoms with Crippen LogP contribution in [0.2, 0.25) is 5.02 Å². The zero-order chi connectivity index (χ0) is 21.8. The Morgan fingerprint density at radius 3 is 2.47 bits per heavy atom. The van der Waals surface area contributed by atoms with Crippen molar-refractivity contribution in [3.63, 3.8) is 0 Å². The molecule has 8 nitrogen and oxygen atoms in total. The van der Waals surface area contributed by atoms with Crippen molar-refractivity contribution in [2.45, 2.75) is 37.0 Å². The fourth-order valence-electron chi connectivity index (χ4n) is 3.10. The van der Waals surface area contributed by atoms with Gasteiger partial charge in [0.2, 0.25) is 0 Å². The standard InChI is InChI=1S/C20H21ClN6O2S/c1-20(2,3)18-23-15-14(17(28)26(5)19(29)25(15)4)16(24-18)30-10-12-9-27-8-11(21)6-7-13(27)22-12/h6-9H,10H2,1-5H3. The topological polar surface area (TPSA) is 87.1 Å². The SMILES string of the molecule is Cn1c(=O)c2c(SCc3cn4cc(Cl)ccc4n3)nc(C(C)(C)C)nc2n(C)c1=O. The molecule has 30 heavy (non-hydrogen) atoms. The Balaban J connectivity index is 1.85. The van der Waals surface area contributed by atoms with Crippen molar-refractivity contribution in [2.24, 2.45) is 14.1 Å². The molecule has 4 rings (SSSR count). The summed E-state index contributed by atoms with van der Waals surface area (Å²) >= 11 is 7.45. The third-order valence-electron chi connectivity index (χ3n) is 4.76. The number of thioether (sulfide) groups is 1. The highest BCUT2D eigenvalue weighted by Crippen LogP contribution is 2.29. The minimum Gasteiger partial charge on any atom is -0.305 e. The van der Waals surface area contributed by atoms with Crippen molar-refractivity contribution in [2.75, 3.05) is 0 Å². The lowest BCUT2D eigenvalue weighted by atomic mass is 9.96. The van der Waals surface area contributed by atoms with Crippen molar-refractivity contribution < 1.29 is 0 Å². The fourth-order valence-corrected chi connectivity index (χ4v) is 4.16. The molecule has 4 aromatic heterocycles. The first-order valence-electron chi connectivity index (χ1n) is 9.30. The maximum absolute atomic E-state index is 12.9. The van der Waals surface area contributed by atoms with Crippen molar-refractivity contribution in [3.8, 4) is 0 Å². The van der Waals surface area contributed by atoms with Gasteiger partial charge in [0, 0.05) is 37.7 Å². The molecule has 4 aromatic rings. The van der Waals surface area contributed by atoms with Crippen LogP contribution in [0.1, 0.15) is 32.3 Å². The average molecular weight is 445 g/mol. The molecule has 10 heteroatoms. The van der Waals surface area contributed by atoms with Crippen LogP contribution < -0.4 is 11.2 Å². The Bertz CT molecular complexity index is 1410. The van der Waals surface area contributed by atoms with E-state index in [4.69, 9.17) is 16.6 Å². The second kappa shape index (κ2) is 7.24. The van der Waals surface area contributed by atoms with E-state index in [1.807, 2.05) is 37.4 Å². The molecule has 0 unspecified atom stereocenters. The molecule has 0 bridgehead atoms. The molecule has 0 aliphatic heterocycles. The predicted molar refractivity (Wildman–Crippen MR) is 118 cm³/mol. The van der Waals surface area contributed by atoms with E-state index in [0.29, 0.717) is 32.7 Å². The van der Waals surface area contributed by atoms with E-state index in [1.165, 1.54) is 23.4 Å². The molecule has 0 amide bonds. The van der Waals surface area contributed by atoms with E-state index in [1.54, 1.807) is 19.3 Å². The number of fused-ring (bicyclic) bond motifs is 2. The zero-order valence-electron chi connectivity index (χ0n) is 17.3. The van der Waals surface area contributed by atoms with E-state index >= 15 is 0 Å². The van der Waals surface area contributed by atoms with Gasteiger partial charge in [-0.05, 0) is 12.1 Å². The van der Waals surface area contributed by atoms with Gasteiger partial charge in [-0.3, -0.25) is 13.9 Å². The highest BCUT2D eigenvalue weighted by molar-refractivity contribution is 7.98. The number of nitrogens with zero attached hydrogens (tertiary/aromatic N) is 6. The Morgan fingerprint density at radius 1 is 1.03 bits per heavy atom. The second-order valence-electron chi connectivity index (χ2n) is 8.14. The van der Waals surface area contributed by atoms with Gasteiger partial charge in [-0.25, -0.2) is 19.7 Å². The van der Waals surface area contributed by atoms with Crippen LogP contribution in [0.5, 0.6) is 0 Å². The molecule has 0 aromatic carbocycles. The van der Waals surface area contributed by atoms with Crippen molar-refractivity contribution in [3.05, 3.63) is 61.9 Å². The van der Waals surface area contributed by atoms with E-state index < -0.39 is 11.2 Å². The number of pyridine rings is 1. The van der Waals surface area contributed by atoms with E-state index in [9.17, 15) is 9.59 Å². The molecule has 0 atom stereocenters. The van der Waals surface area contributed by atoms with Gasteiger partial charge in [-0.2, -0.15) is 0 Å². The molecular formula is C20H21ClN6O2S. The summed E-state index contributed by atoms with van der Waals surface area (Å²) in [5.41, 5.74) is 0.786. The van der Waals surface area contributed by atoms with Gasteiger partial charge >= 0.3 is 5.69 Å². The first kappa shape index (κ1) is 20.6. The highest BCUT2D eigenvalue weighted by atomic mass is 35.5. The van der Waals surface area contributed by atoms with E-state index in [2.05, 4.69) is 9.97 Å². The summed E-state index contributed by atoms with van der Waals surface area (Å²) < 4.78 is 4.34. The number of hydrogen-bond acceptors (Lipinski definition) is 6. The molecule has 0 spiro atoms. The summed E-state index contributed by atoms with van der Waals surface area (Å²) in [5.74, 6) is 1.07. The quantitative estimate of drug-likeness (QED) is 0.356. The van der Waals surface area contributed by atoms with Crippen molar-refractivity contribution >= 4 is 40.0 Å². The van der Waals surface area contributed by atoms with Gasteiger partial charge < -0.3 is 4.40 Å². The average Bonchev–Trinajstić information content (AvgIpc) is 3.09. The first-order chi connectivity index (χ1) is 14.1. The molecular weight excluding hydrogens is 424 g/mol. The monoisotopic (exact) mass is 444 g/mol. The Labute approximate surface area is 181 Å². The lowest BCUT2D eigenvalue weighted by Crippen LogP contribution is -2.38. The molecule has 0 radical (unpaired) electrons. The Morgan fingerprint density at radius 2 is 1.77 bits per heavy atom. The second-order valence-corrected chi connectivity index (χ2v) is 9.54. The Hall–Kier alpha value is -2.65. The van der Waals surface area contributed by atoms with Crippen LogP contribution in [0.25, 0.3) is 16.7 Å². The third-order valence-corrected chi connectivity index (χ3v) is 5.99. The lowest BCUT2D eigenvalue weighted by molar-refractivity contribution is 0.539. The van der Waals surface area contributed by atoms with Crippen LogP contribution in [0.15, 0.2) is 39.1 Å². The van der Waals surface area contributed by atoms with Gasteiger partial charge in [-0.15, -0.1) is 0 Å². The molecule has 0 aliphatic carbocycles. The van der Waals surface area contributed by atoms with Crippen LogP contribution in [0.3, 0.4) is 0 Å². The maximum atomic E-state index is 12.9. The van der Waals surface area contributed by atoms with E-state index in [0.717, 1.165) is 15.9 Å². The molecule has 156 valence electrons. The highest BCUT2D eigenvalue weighted by Gasteiger charge is 2.23. The zero-order valence-corrected chi connectivity index (χ0v) is 18.9. The fraction of sp³-hybridized carbons (Fsp3) is 0.350. The maximum Gasteiger partial charge on any atom is 0.332 e. The molecule has 0 N–H and O–H groups in total. The summed E-state index contributed by atoms with van der Waals surface area (Å²) in [4.78, 5) is 39.2. The van der Waals surface area contributed by atoms with Gasteiger partial charge in [-0.1, -0.05) is 44.1 Å². The third kappa shape index (κ3) is 3.52. The summed E-state index contributed by atoms with van der Waals surface area (Å²) in [5, 5.41) is 1.50. The number of aryl methyl sites for hydroxylation is 1. The number of halogens is 1. The molecule has 0 saturated carbocycles. The number of aromatic nitrogens is 6. The number of hydrogen-bond donors (Lipinski definition) is 0. The number of rotatable bonds is 3. The summed E-state index contributed by atoms with van der Waals surface area (Å²) in [6.45, 7) is 5.98. The van der Waals surface area contributed by atoms with E-state index in [-0.39, 0.29) is 5.41 Å². The summed E-state index contributed by atoms with van der Waals surface area (Å²) in [7, 11) is 3.08. The first-order valence-corrected chi connectivity index (χ1v) is 10.7. The summed E-state index contributed by atoms with van der Waals surface area (Å²) in [6.07, 6.45) is 3.69. The lowest BCUT2D eigenvalue weighted by Gasteiger charge is -2.19. The van der Waals surface area contributed by atoms with Gasteiger partial charge in [0.25, 0.3) is 5.56 Å². The van der Waals surface area contributed by atoms with Crippen LogP contribution in [-0.2, 0) is 25.3 Å². The van der Waals surface area contributed by atoms with Gasteiger partial charge in [0.05, 0.1) is 10.7 Å². The predicted octanol–water partition coefficient (Wildman–Crippen LogP) is 2.92. The van der Waals surface area contributed by atoms with Crippen molar-refractivity contribution in [1.82, 2.24) is 28.5 Å². The normalized spacial score (nSPS) is 12.2. The molecule has 4 heterocycles.